The first-order valence-corrected chi connectivity index (χ1v) is 11.9. The molecule has 29 heavy (non-hydrogen) atoms. The van der Waals surface area contributed by atoms with Gasteiger partial charge in [-0.25, -0.2) is 4.98 Å². The Labute approximate surface area is 180 Å². The highest BCUT2D eigenvalue weighted by molar-refractivity contribution is 7.99. The number of fused-ring (bicyclic) bond motifs is 1. The second-order valence-corrected chi connectivity index (χ2v) is 9.66. The van der Waals surface area contributed by atoms with E-state index in [1.165, 1.54) is 15.8 Å². The minimum absolute atomic E-state index is 0.112. The van der Waals surface area contributed by atoms with E-state index in [0.29, 0.717) is 0 Å². The molecule has 0 N–H and O–H groups in total. The molecule has 6 heteroatoms. The third-order valence-corrected chi connectivity index (χ3v) is 7.37. The average molecular weight is 427 g/mol. The van der Waals surface area contributed by atoms with Crippen molar-refractivity contribution in [2.45, 2.75) is 44.6 Å². The largest absolute Gasteiger partial charge is 0.467 e. The maximum absolute atomic E-state index is 13.0. The molecule has 0 unspecified atom stereocenters. The van der Waals surface area contributed by atoms with Crippen LogP contribution in [0.4, 0.5) is 0 Å². The quantitative estimate of drug-likeness (QED) is 0.490. The Morgan fingerprint density at radius 2 is 1.90 bits per heavy atom. The Kier molecular flexibility index (Phi) is 6.11. The molecule has 1 saturated heterocycles. The van der Waals surface area contributed by atoms with E-state index in [4.69, 9.17) is 9.72 Å². The van der Waals surface area contributed by atoms with Crippen LogP contribution in [-0.2, 0) is 0 Å². The molecule has 1 fully saturated rings. The van der Waals surface area contributed by atoms with Gasteiger partial charge in [0.25, 0.3) is 11.1 Å². The highest BCUT2D eigenvalue weighted by atomic mass is 32.2. The van der Waals surface area contributed by atoms with Gasteiger partial charge in [0.15, 0.2) is 0 Å². The molecule has 4 nitrogen and oxygen atoms in total. The lowest BCUT2D eigenvalue weighted by atomic mass is 10.1. The highest BCUT2D eigenvalue weighted by Gasteiger charge is 2.26. The zero-order valence-corrected chi connectivity index (χ0v) is 18.7. The SMILES string of the molecule is CCSc1ccccc1C(=O)N1CCC(Oc2nc3c(C)ccc(C)c3s2)CC1. The second kappa shape index (κ2) is 8.76. The van der Waals surface area contributed by atoms with Gasteiger partial charge in [0.2, 0.25) is 0 Å². The number of likely N-dealkylation sites (tertiary alicyclic amines) is 1. The van der Waals surface area contributed by atoms with Crippen molar-refractivity contribution in [3.8, 4) is 5.19 Å². The molecule has 0 aliphatic carbocycles. The topological polar surface area (TPSA) is 42.4 Å². The fraction of sp³-hybridized carbons (Fsp3) is 0.391. The molecule has 1 aromatic heterocycles. The molecular formula is C23H26N2O2S2. The first-order valence-electron chi connectivity index (χ1n) is 10.1. The summed E-state index contributed by atoms with van der Waals surface area (Å²) in [4.78, 5) is 20.8. The van der Waals surface area contributed by atoms with Crippen LogP contribution in [0.1, 0.15) is 41.3 Å². The first-order chi connectivity index (χ1) is 14.1. The standard InChI is InChI=1S/C23H26N2O2S2/c1-4-28-19-8-6-5-7-18(19)22(26)25-13-11-17(12-14-25)27-23-24-20-15(2)9-10-16(3)21(20)29-23/h5-10,17H,4,11-14H2,1-3H3. The molecule has 2 heterocycles. The molecule has 1 aliphatic heterocycles. The van der Waals surface area contributed by atoms with E-state index in [0.717, 1.165) is 52.9 Å². The number of carbonyl (C=O) groups is 1. The Hall–Kier alpha value is -2.05. The van der Waals surface area contributed by atoms with Crippen molar-refractivity contribution in [3.63, 3.8) is 0 Å². The lowest BCUT2D eigenvalue weighted by Crippen LogP contribution is -2.41. The lowest BCUT2D eigenvalue weighted by molar-refractivity contribution is 0.0592. The van der Waals surface area contributed by atoms with Crippen LogP contribution in [0.3, 0.4) is 0 Å². The van der Waals surface area contributed by atoms with E-state index in [2.05, 4.69) is 32.9 Å². The van der Waals surface area contributed by atoms with Crippen molar-refractivity contribution < 1.29 is 9.53 Å². The van der Waals surface area contributed by atoms with E-state index in [9.17, 15) is 4.79 Å². The second-order valence-electron chi connectivity index (χ2n) is 7.40. The van der Waals surface area contributed by atoms with Gasteiger partial charge in [0.1, 0.15) is 6.10 Å². The number of nitrogens with zero attached hydrogens (tertiary/aromatic N) is 2. The van der Waals surface area contributed by atoms with E-state index in [-0.39, 0.29) is 12.0 Å². The summed E-state index contributed by atoms with van der Waals surface area (Å²) in [6.45, 7) is 7.75. The summed E-state index contributed by atoms with van der Waals surface area (Å²) in [7, 11) is 0. The van der Waals surface area contributed by atoms with Crippen molar-refractivity contribution in [1.82, 2.24) is 9.88 Å². The highest BCUT2D eigenvalue weighted by Crippen LogP contribution is 2.34. The van der Waals surface area contributed by atoms with Gasteiger partial charge in [-0.15, -0.1) is 11.8 Å². The fourth-order valence-electron chi connectivity index (χ4n) is 3.70. The molecule has 0 saturated carbocycles. The number of ether oxygens (including phenoxy) is 1. The molecule has 3 aromatic rings. The summed E-state index contributed by atoms with van der Waals surface area (Å²) in [6, 6.07) is 12.2. The molecule has 4 rings (SSSR count). The predicted octanol–water partition coefficient (Wildman–Crippen LogP) is 5.71. The summed E-state index contributed by atoms with van der Waals surface area (Å²) in [5, 5.41) is 0.742. The number of aromatic nitrogens is 1. The number of rotatable bonds is 5. The molecular weight excluding hydrogens is 400 g/mol. The van der Waals surface area contributed by atoms with Gasteiger partial charge in [-0.1, -0.05) is 42.5 Å². The third-order valence-electron chi connectivity index (χ3n) is 5.34. The Morgan fingerprint density at radius 1 is 1.17 bits per heavy atom. The van der Waals surface area contributed by atoms with Crippen LogP contribution in [0.2, 0.25) is 0 Å². The van der Waals surface area contributed by atoms with Crippen molar-refractivity contribution in [2.75, 3.05) is 18.8 Å². The molecule has 0 bridgehead atoms. The van der Waals surface area contributed by atoms with Crippen LogP contribution in [0, 0.1) is 13.8 Å². The van der Waals surface area contributed by atoms with Crippen LogP contribution >= 0.6 is 23.1 Å². The molecule has 1 aliphatic rings. The van der Waals surface area contributed by atoms with Crippen LogP contribution in [0.25, 0.3) is 10.2 Å². The molecule has 2 aromatic carbocycles. The van der Waals surface area contributed by atoms with Crippen molar-refractivity contribution in [3.05, 3.63) is 53.1 Å². The Morgan fingerprint density at radius 3 is 2.62 bits per heavy atom. The maximum atomic E-state index is 13.0. The van der Waals surface area contributed by atoms with Gasteiger partial charge in [0, 0.05) is 30.8 Å². The zero-order valence-electron chi connectivity index (χ0n) is 17.1. The summed E-state index contributed by atoms with van der Waals surface area (Å²) in [5.41, 5.74) is 4.28. The van der Waals surface area contributed by atoms with E-state index in [1.807, 2.05) is 29.2 Å². The smallest absolute Gasteiger partial charge is 0.274 e. The van der Waals surface area contributed by atoms with Gasteiger partial charge in [0.05, 0.1) is 15.8 Å². The summed E-state index contributed by atoms with van der Waals surface area (Å²) < 4.78 is 7.42. The predicted molar refractivity (Wildman–Crippen MR) is 121 cm³/mol. The number of hydrogen-bond donors (Lipinski definition) is 0. The van der Waals surface area contributed by atoms with E-state index in [1.54, 1.807) is 23.1 Å². The lowest BCUT2D eigenvalue weighted by Gasteiger charge is -2.32. The normalized spacial score (nSPS) is 15.1. The fourth-order valence-corrected chi connectivity index (χ4v) is 5.53. The average Bonchev–Trinajstić information content (AvgIpc) is 3.17. The van der Waals surface area contributed by atoms with Gasteiger partial charge in [-0.05, 0) is 42.9 Å². The molecule has 1 amide bonds. The monoisotopic (exact) mass is 426 g/mol. The minimum Gasteiger partial charge on any atom is -0.467 e. The molecule has 0 atom stereocenters. The van der Waals surface area contributed by atoms with Crippen LogP contribution in [0.15, 0.2) is 41.3 Å². The Bertz CT molecular complexity index is 984. The summed E-state index contributed by atoms with van der Waals surface area (Å²) in [6.07, 6.45) is 1.78. The number of amides is 1. The number of thioether (sulfide) groups is 1. The van der Waals surface area contributed by atoms with Crippen molar-refractivity contribution in [1.29, 1.82) is 0 Å². The number of thiazole rings is 1. The van der Waals surface area contributed by atoms with Gasteiger partial charge in [-0.3, -0.25) is 4.79 Å². The van der Waals surface area contributed by atoms with E-state index < -0.39 is 0 Å². The van der Waals surface area contributed by atoms with Gasteiger partial charge >= 0.3 is 0 Å². The van der Waals surface area contributed by atoms with E-state index >= 15 is 0 Å². The van der Waals surface area contributed by atoms with Gasteiger partial charge in [-0.2, -0.15) is 0 Å². The number of carbonyl (C=O) groups excluding carboxylic acids is 1. The maximum Gasteiger partial charge on any atom is 0.274 e. The molecule has 0 radical (unpaired) electrons. The Balaban J connectivity index is 1.40. The van der Waals surface area contributed by atoms with Crippen molar-refractivity contribution >= 4 is 39.2 Å². The number of aryl methyl sites for hydroxylation is 2. The van der Waals surface area contributed by atoms with Crippen LogP contribution < -0.4 is 4.74 Å². The minimum atomic E-state index is 0.112. The molecule has 152 valence electrons. The number of hydrogen-bond acceptors (Lipinski definition) is 5. The zero-order chi connectivity index (χ0) is 20.4. The van der Waals surface area contributed by atoms with Crippen LogP contribution in [-0.4, -0.2) is 40.7 Å². The molecule has 0 spiro atoms. The summed E-state index contributed by atoms with van der Waals surface area (Å²) >= 11 is 3.35. The van der Waals surface area contributed by atoms with Crippen LogP contribution in [0.5, 0.6) is 5.19 Å². The number of benzene rings is 2. The third kappa shape index (κ3) is 4.28. The van der Waals surface area contributed by atoms with Crippen molar-refractivity contribution in [2.24, 2.45) is 0 Å². The first kappa shape index (κ1) is 20.2. The number of piperidine rings is 1. The van der Waals surface area contributed by atoms with Gasteiger partial charge < -0.3 is 9.64 Å². The summed E-state index contributed by atoms with van der Waals surface area (Å²) in [5.74, 6) is 1.09.